The first-order valence-corrected chi connectivity index (χ1v) is 9.44. The molecule has 0 amide bonds. The van der Waals surface area contributed by atoms with Gasteiger partial charge in [-0.2, -0.15) is 0 Å². The monoisotopic (exact) mass is 392 g/mol. The lowest BCUT2D eigenvalue weighted by Crippen LogP contribution is -2.34. The molecule has 0 radical (unpaired) electrons. The lowest BCUT2D eigenvalue weighted by Gasteiger charge is -2.28. The molecule has 0 saturated heterocycles. The van der Waals surface area contributed by atoms with Gasteiger partial charge in [-0.25, -0.2) is 18.6 Å². The molecule has 0 bridgehead atoms. The minimum Gasteiger partial charge on any atom is -0.310 e. The summed E-state index contributed by atoms with van der Waals surface area (Å²) in [5.74, 6) is -0.616. The summed E-state index contributed by atoms with van der Waals surface area (Å²) in [5.41, 5.74) is 3.33. The molecule has 4 aromatic rings. The van der Waals surface area contributed by atoms with Crippen molar-refractivity contribution in [2.75, 3.05) is 6.54 Å². The Morgan fingerprint density at radius 1 is 1.03 bits per heavy atom. The minimum absolute atomic E-state index is 0.229. The van der Waals surface area contributed by atoms with Crippen molar-refractivity contribution in [2.45, 2.75) is 19.5 Å². The van der Waals surface area contributed by atoms with Crippen molar-refractivity contribution in [1.82, 2.24) is 19.3 Å². The third-order valence-electron chi connectivity index (χ3n) is 5.38. The molecule has 0 unspecified atom stereocenters. The molecule has 2 aromatic carbocycles. The van der Waals surface area contributed by atoms with Crippen LogP contribution in [0.1, 0.15) is 16.8 Å². The van der Waals surface area contributed by atoms with Crippen molar-refractivity contribution in [3.8, 4) is 11.3 Å². The van der Waals surface area contributed by atoms with Gasteiger partial charge in [-0.1, -0.05) is 30.3 Å². The summed E-state index contributed by atoms with van der Waals surface area (Å²) >= 11 is 0. The van der Waals surface area contributed by atoms with Crippen molar-refractivity contribution in [3.63, 3.8) is 0 Å². The maximum absolute atomic E-state index is 14.2. The smallest absolute Gasteiger partial charge is 0.310 e. The quantitative estimate of drug-likeness (QED) is 0.580. The number of fused-ring (bicyclic) bond motifs is 3. The number of hydrogen-bond acceptors (Lipinski definition) is 3. The van der Waals surface area contributed by atoms with Crippen LogP contribution in [0.4, 0.5) is 8.78 Å². The molecule has 1 N–H and O–H groups in total. The van der Waals surface area contributed by atoms with E-state index in [9.17, 15) is 13.6 Å². The summed E-state index contributed by atoms with van der Waals surface area (Å²) in [4.78, 5) is 22.1. The van der Waals surface area contributed by atoms with Gasteiger partial charge in [-0.15, -0.1) is 0 Å². The number of rotatable bonds is 3. The zero-order chi connectivity index (χ0) is 20.0. The zero-order valence-corrected chi connectivity index (χ0v) is 15.5. The molecular formula is C22H18F2N4O. The molecule has 7 heteroatoms. The van der Waals surface area contributed by atoms with E-state index in [1.165, 1.54) is 16.5 Å². The van der Waals surface area contributed by atoms with Gasteiger partial charge in [-0.3, -0.25) is 9.30 Å². The SMILES string of the molecule is O=c1[nH]c2c(c3nc(-c4ccccc4F)cn13)CN(Cc1ccccc1F)CC2. The van der Waals surface area contributed by atoms with E-state index in [1.54, 1.807) is 36.5 Å². The second-order valence-corrected chi connectivity index (χ2v) is 7.24. The Morgan fingerprint density at radius 3 is 2.59 bits per heavy atom. The molecule has 5 nitrogen and oxygen atoms in total. The summed E-state index contributed by atoms with van der Waals surface area (Å²) in [5, 5.41) is 0. The minimum atomic E-state index is -0.387. The second-order valence-electron chi connectivity index (χ2n) is 7.24. The fourth-order valence-electron chi connectivity index (χ4n) is 3.90. The van der Waals surface area contributed by atoms with Crippen LogP contribution in [0.15, 0.2) is 59.5 Å². The Morgan fingerprint density at radius 2 is 1.79 bits per heavy atom. The Bertz CT molecular complexity index is 1280. The summed E-state index contributed by atoms with van der Waals surface area (Å²) in [6, 6.07) is 13.1. The van der Waals surface area contributed by atoms with Crippen LogP contribution in [0.25, 0.3) is 16.9 Å². The number of nitrogens with one attached hydrogen (secondary N) is 1. The van der Waals surface area contributed by atoms with E-state index >= 15 is 0 Å². The molecule has 5 rings (SSSR count). The molecule has 0 spiro atoms. The predicted molar refractivity (Wildman–Crippen MR) is 105 cm³/mol. The highest BCUT2D eigenvalue weighted by Gasteiger charge is 2.23. The van der Waals surface area contributed by atoms with Gasteiger partial charge in [-0.05, 0) is 18.2 Å². The Hall–Kier alpha value is -3.32. The van der Waals surface area contributed by atoms with Crippen LogP contribution in [0.3, 0.4) is 0 Å². The topological polar surface area (TPSA) is 53.4 Å². The third kappa shape index (κ3) is 3.13. The zero-order valence-electron chi connectivity index (χ0n) is 15.5. The van der Waals surface area contributed by atoms with Gasteiger partial charge < -0.3 is 4.98 Å². The van der Waals surface area contributed by atoms with Crippen LogP contribution in [0, 0.1) is 11.6 Å². The third-order valence-corrected chi connectivity index (χ3v) is 5.38. The number of halogens is 2. The standard InChI is InChI=1S/C22H18F2N4O/c23-17-7-3-1-5-14(17)11-27-10-9-19-16(12-27)21-25-20(13-28(21)22(29)26-19)15-6-2-4-8-18(15)24/h1-8,13H,9-12H2,(H,26,29). The highest BCUT2D eigenvalue weighted by molar-refractivity contribution is 5.65. The molecule has 146 valence electrons. The van der Waals surface area contributed by atoms with Gasteiger partial charge in [0.1, 0.15) is 17.3 Å². The van der Waals surface area contributed by atoms with Gasteiger partial charge in [0.05, 0.1) is 5.69 Å². The van der Waals surface area contributed by atoms with E-state index in [-0.39, 0.29) is 17.3 Å². The Labute approximate surface area is 165 Å². The van der Waals surface area contributed by atoms with E-state index in [4.69, 9.17) is 0 Å². The summed E-state index contributed by atoms with van der Waals surface area (Å²) in [6.45, 7) is 1.70. The fraction of sp³-hybridized carbons (Fsp3) is 0.182. The molecular weight excluding hydrogens is 374 g/mol. The number of aromatic amines is 1. The van der Waals surface area contributed by atoms with Gasteiger partial charge >= 0.3 is 5.69 Å². The molecule has 2 aromatic heterocycles. The van der Waals surface area contributed by atoms with Crippen LogP contribution in [0.2, 0.25) is 0 Å². The molecule has 0 aliphatic carbocycles. The number of benzene rings is 2. The van der Waals surface area contributed by atoms with Crippen molar-refractivity contribution in [2.24, 2.45) is 0 Å². The maximum atomic E-state index is 14.2. The Kier molecular flexibility index (Phi) is 4.24. The van der Waals surface area contributed by atoms with E-state index in [1.807, 2.05) is 6.07 Å². The van der Waals surface area contributed by atoms with E-state index in [0.717, 1.165) is 11.3 Å². The van der Waals surface area contributed by atoms with E-state index < -0.39 is 0 Å². The number of imidazole rings is 1. The average molecular weight is 392 g/mol. The average Bonchev–Trinajstić information content (AvgIpc) is 3.17. The van der Waals surface area contributed by atoms with Crippen molar-refractivity contribution >= 4 is 5.65 Å². The number of nitrogens with zero attached hydrogens (tertiary/aromatic N) is 3. The van der Waals surface area contributed by atoms with E-state index in [2.05, 4.69) is 14.9 Å². The lowest BCUT2D eigenvalue weighted by molar-refractivity contribution is 0.240. The lowest BCUT2D eigenvalue weighted by atomic mass is 10.1. The summed E-state index contributed by atoms with van der Waals surface area (Å²) in [7, 11) is 0. The van der Waals surface area contributed by atoms with Crippen LogP contribution < -0.4 is 5.69 Å². The van der Waals surface area contributed by atoms with Crippen molar-refractivity contribution in [1.29, 1.82) is 0 Å². The van der Waals surface area contributed by atoms with E-state index in [0.29, 0.717) is 48.5 Å². The van der Waals surface area contributed by atoms with Gasteiger partial charge in [0.15, 0.2) is 0 Å². The first-order valence-electron chi connectivity index (χ1n) is 9.44. The normalized spacial score (nSPS) is 14.3. The maximum Gasteiger partial charge on any atom is 0.331 e. The highest BCUT2D eigenvalue weighted by Crippen LogP contribution is 2.26. The second kappa shape index (κ2) is 6.93. The Balaban J connectivity index is 1.55. The predicted octanol–water partition coefficient (Wildman–Crippen LogP) is 3.53. The van der Waals surface area contributed by atoms with Gasteiger partial charge in [0.25, 0.3) is 0 Å². The van der Waals surface area contributed by atoms with Gasteiger partial charge in [0.2, 0.25) is 0 Å². The first-order chi connectivity index (χ1) is 14.1. The van der Waals surface area contributed by atoms with Crippen LogP contribution in [-0.2, 0) is 19.5 Å². The fourth-order valence-corrected chi connectivity index (χ4v) is 3.90. The van der Waals surface area contributed by atoms with Crippen LogP contribution in [-0.4, -0.2) is 25.8 Å². The van der Waals surface area contributed by atoms with Gasteiger partial charge in [0, 0.05) is 54.6 Å². The highest BCUT2D eigenvalue weighted by atomic mass is 19.1. The summed E-state index contributed by atoms with van der Waals surface area (Å²) < 4.78 is 29.7. The molecule has 0 fully saturated rings. The molecule has 3 heterocycles. The van der Waals surface area contributed by atoms with Crippen molar-refractivity contribution in [3.05, 3.63) is 93.7 Å². The molecule has 0 saturated carbocycles. The number of hydrogen-bond donors (Lipinski definition) is 1. The number of H-pyrrole nitrogens is 1. The molecule has 0 atom stereocenters. The van der Waals surface area contributed by atoms with Crippen LogP contribution >= 0.6 is 0 Å². The number of aromatic nitrogens is 3. The molecule has 29 heavy (non-hydrogen) atoms. The summed E-state index contributed by atoms with van der Waals surface area (Å²) in [6.07, 6.45) is 2.19. The largest absolute Gasteiger partial charge is 0.331 e. The molecule has 1 aliphatic rings. The molecule has 1 aliphatic heterocycles. The van der Waals surface area contributed by atoms with Crippen molar-refractivity contribution < 1.29 is 8.78 Å². The first kappa shape index (κ1) is 17.8. The van der Waals surface area contributed by atoms with Crippen LogP contribution in [0.5, 0.6) is 0 Å².